The predicted molar refractivity (Wildman–Crippen MR) is 100 cm³/mol. The van der Waals surface area contributed by atoms with Gasteiger partial charge in [-0.1, -0.05) is 60.7 Å². The van der Waals surface area contributed by atoms with Crippen molar-refractivity contribution in [3.63, 3.8) is 0 Å². The van der Waals surface area contributed by atoms with Crippen molar-refractivity contribution >= 4 is 23.2 Å². The summed E-state index contributed by atoms with van der Waals surface area (Å²) in [5.41, 5.74) is 0.0486. The van der Waals surface area contributed by atoms with Crippen LogP contribution in [0, 0.1) is 0 Å². The minimum atomic E-state index is -1.62. The van der Waals surface area contributed by atoms with Gasteiger partial charge in [0, 0.05) is 16.8 Å². The summed E-state index contributed by atoms with van der Waals surface area (Å²) in [5, 5.41) is 12.3. The van der Waals surface area contributed by atoms with Crippen LogP contribution in [-0.2, 0) is 5.54 Å². The first kappa shape index (κ1) is 16.7. The average Bonchev–Trinajstić information content (AvgIpc) is 2.92. The lowest BCUT2D eigenvalue weighted by molar-refractivity contribution is 0.0696. The van der Waals surface area contributed by atoms with E-state index in [9.17, 15) is 19.5 Å². The summed E-state index contributed by atoms with van der Waals surface area (Å²) >= 11 is 0. The topological polar surface area (TPSA) is 83.5 Å². The minimum absolute atomic E-state index is 0.0682. The van der Waals surface area contributed by atoms with E-state index in [0.717, 1.165) is 0 Å². The minimum Gasteiger partial charge on any atom is -0.478 e. The van der Waals surface area contributed by atoms with Gasteiger partial charge in [0.1, 0.15) is 0 Å². The highest BCUT2D eigenvalue weighted by atomic mass is 16.4. The van der Waals surface area contributed by atoms with Crippen LogP contribution in [0.2, 0.25) is 0 Å². The summed E-state index contributed by atoms with van der Waals surface area (Å²) in [7, 11) is 0. The summed E-state index contributed by atoms with van der Waals surface area (Å²) in [6.45, 7) is 0. The van der Waals surface area contributed by atoms with E-state index in [4.69, 9.17) is 0 Å². The van der Waals surface area contributed by atoms with Gasteiger partial charge in [-0.2, -0.15) is 0 Å². The number of anilines is 1. The Labute approximate surface area is 155 Å². The van der Waals surface area contributed by atoms with Crippen LogP contribution in [0.5, 0.6) is 0 Å². The van der Waals surface area contributed by atoms with Gasteiger partial charge in [-0.15, -0.1) is 0 Å². The predicted octanol–water partition coefficient (Wildman–Crippen LogP) is 3.77. The maximum Gasteiger partial charge on any atom is 0.335 e. The fraction of sp³-hybridized carbons (Fsp3) is 0.0455. The van der Waals surface area contributed by atoms with Crippen LogP contribution in [0.15, 0.2) is 78.9 Å². The van der Waals surface area contributed by atoms with Crippen LogP contribution < -0.4 is 5.32 Å². The molecule has 1 aliphatic rings. The van der Waals surface area contributed by atoms with E-state index >= 15 is 0 Å². The number of carbonyl (C=O) groups is 3. The van der Waals surface area contributed by atoms with Crippen LogP contribution in [-0.4, -0.2) is 22.6 Å². The number of carboxylic acids is 1. The number of benzene rings is 3. The number of rotatable bonds is 4. The van der Waals surface area contributed by atoms with Crippen molar-refractivity contribution in [1.82, 2.24) is 0 Å². The lowest BCUT2D eigenvalue weighted by Gasteiger charge is -2.29. The number of nitrogens with one attached hydrogen (secondary N) is 1. The Hall–Kier alpha value is -3.73. The van der Waals surface area contributed by atoms with Gasteiger partial charge in [0.15, 0.2) is 5.54 Å². The van der Waals surface area contributed by atoms with E-state index in [1.807, 2.05) is 0 Å². The monoisotopic (exact) mass is 357 g/mol. The third-order valence-electron chi connectivity index (χ3n) is 4.75. The van der Waals surface area contributed by atoms with Gasteiger partial charge in [-0.05, 0) is 23.8 Å². The number of aromatic carboxylic acids is 1. The smallest absolute Gasteiger partial charge is 0.335 e. The molecule has 3 aromatic carbocycles. The molecule has 27 heavy (non-hydrogen) atoms. The fourth-order valence-corrected chi connectivity index (χ4v) is 3.47. The van der Waals surface area contributed by atoms with Gasteiger partial charge in [0.2, 0.25) is 11.6 Å². The third-order valence-corrected chi connectivity index (χ3v) is 4.75. The van der Waals surface area contributed by atoms with Gasteiger partial charge < -0.3 is 10.4 Å². The Balaban J connectivity index is 1.90. The molecule has 1 aliphatic carbocycles. The molecule has 2 N–H and O–H groups in total. The van der Waals surface area contributed by atoms with Gasteiger partial charge >= 0.3 is 5.97 Å². The van der Waals surface area contributed by atoms with Gasteiger partial charge in [-0.25, -0.2) is 4.79 Å². The normalized spacial score (nSPS) is 14.7. The molecule has 0 atom stereocenters. The molecule has 0 unspecified atom stereocenters. The number of carboxylic acid groups (broad SMARTS) is 1. The Morgan fingerprint density at radius 3 is 1.96 bits per heavy atom. The van der Waals surface area contributed by atoms with E-state index in [1.165, 1.54) is 12.1 Å². The molecule has 4 rings (SSSR count). The van der Waals surface area contributed by atoms with Gasteiger partial charge in [0.25, 0.3) is 0 Å². The number of hydrogen-bond acceptors (Lipinski definition) is 4. The Bertz CT molecular complexity index is 1040. The number of hydrogen-bond donors (Lipinski definition) is 2. The van der Waals surface area contributed by atoms with Gasteiger partial charge in [0.05, 0.1) is 5.56 Å². The average molecular weight is 357 g/mol. The molecule has 0 amide bonds. The van der Waals surface area contributed by atoms with Crippen molar-refractivity contribution in [2.75, 3.05) is 5.32 Å². The van der Waals surface area contributed by atoms with Gasteiger partial charge in [-0.3, -0.25) is 9.59 Å². The first-order valence-corrected chi connectivity index (χ1v) is 8.40. The van der Waals surface area contributed by atoms with Crippen LogP contribution in [0.3, 0.4) is 0 Å². The molecule has 0 bridgehead atoms. The highest BCUT2D eigenvalue weighted by molar-refractivity contribution is 6.34. The van der Waals surface area contributed by atoms with Crippen LogP contribution >= 0.6 is 0 Å². The second-order valence-corrected chi connectivity index (χ2v) is 6.33. The molecular formula is C22H15NO4. The van der Waals surface area contributed by atoms with Crippen molar-refractivity contribution < 1.29 is 19.5 Å². The van der Waals surface area contributed by atoms with E-state index in [0.29, 0.717) is 22.4 Å². The second kappa shape index (κ2) is 6.21. The molecule has 0 aromatic heterocycles. The third kappa shape index (κ3) is 2.52. The summed E-state index contributed by atoms with van der Waals surface area (Å²) in [6.07, 6.45) is 0. The first-order valence-electron chi connectivity index (χ1n) is 8.40. The molecule has 0 aliphatic heterocycles. The number of ketones is 2. The number of Topliss-reactive ketones (excluding diaryl/α,β-unsaturated/α-hetero) is 2. The molecular weight excluding hydrogens is 342 g/mol. The zero-order valence-electron chi connectivity index (χ0n) is 14.2. The zero-order chi connectivity index (χ0) is 19.0. The summed E-state index contributed by atoms with van der Waals surface area (Å²) in [6, 6.07) is 21.5. The Morgan fingerprint density at radius 2 is 1.37 bits per heavy atom. The van der Waals surface area contributed by atoms with Crippen molar-refractivity contribution in [3.05, 3.63) is 101 Å². The first-order chi connectivity index (χ1) is 13.0. The summed E-state index contributed by atoms with van der Waals surface area (Å²) < 4.78 is 0. The van der Waals surface area contributed by atoms with Crippen LogP contribution in [0.4, 0.5) is 5.69 Å². The van der Waals surface area contributed by atoms with Crippen LogP contribution in [0.25, 0.3) is 0 Å². The standard InChI is InChI=1S/C22H15NO4/c24-19-17-11-4-5-12-18(17)20(25)22(19,15-8-2-1-3-9-15)23-16-10-6-7-14(13-16)21(26)27/h1-13,23H,(H,26,27). The molecule has 3 aromatic rings. The molecule has 5 nitrogen and oxygen atoms in total. The summed E-state index contributed by atoms with van der Waals surface area (Å²) in [5.74, 6) is -1.79. The van der Waals surface area contributed by atoms with Crippen molar-refractivity contribution in [1.29, 1.82) is 0 Å². The SMILES string of the molecule is O=C(O)c1cccc(NC2(c3ccccc3)C(=O)c3ccccc3C2=O)c1. The lowest BCUT2D eigenvalue weighted by atomic mass is 9.84. The molecule has 0 radical (unpaired) electrons. The van der Waals surface area contributed by atoms with E-state index in [1.54, 1.807) is 66.7 Å². The largest absolute Gasteiger partial charge is 0.478 e. The Morgan fingerprint density at radius 1 is 0.778 bits per heavy atom. The molecule has 0 saturated heterocycles. The van der Waals surface area contributed by atoms with Crippen molar-refractivity contribution in [2.45, 2.75) is 5.54 Å². The van der Waals surface area contributed by atoms with E-state index in [-0.39, 0.29) is 17.1 Å². The fourth-order valence-electron chi connectivity index (χ4n) is 3.47. The van der Waals surface area contributed by atoms with Crippen molar-refractivity contribution in [2.24, 2.45) is 0 Å². The molecule has 0 saturated carbocycles. The van der Waals surface area contributed by atoms with Crippen molar-refractivity contribution in [3.8, 4) is 0 Å². The maximum atomic E-state index is 13.4. The number of carbonyl (C=O) groups excluding carboxylic acids is 2. The second-order valence-electron chi connectivity index (χ2n) is 6.33. The Kier molecular flexibility index (Phi) is 3.85. The molecule has 0 fully saturated rings. The molecule has 132 valence electrons. The van der Waals surface area contributed by atoms with Crippen LogP contribution in [0.1, 0.15) is 36.6 Å². The zero-order valence-corrected chi connectivity index (χ0v) is 14.2. The number of fused-ring (bicyclic) bond motifs is 1. The highest BCUT2D eigenvalue weighted by Gasteiger charge is 2.54. The van der Waals surface area contributed by atoms with E-state index in [2.05, 4.69) is 5.32 Å². The lowest BCUT2D eigenvalue weighted by Crippen LogP contribution is -2.46. The van der Waals surface area contributed by atoms with E-state index < -0.39 is 11.5 Å². The highest BCUT2D eigenvalue weighted by Crippen LogP contribution is 2.40. The maximum absolute atomic E-state index is 13.4. The molecule has 0 spiro atoms. The molecule has 5 heteroatoms. The summed E-state index contributed by atoms with van der Waals surface area (Å²) in [4.78, 5) is 38.0. The molecule has 0 heterocycles. The quantitative estimate of drug-likeness (QED) is 0.695.